The molecule has 1 heterocycles. The molecule has 0 saturated carbocycles. The van der Waals surface area contributed by atoms with Crippen LogP contribution in [0.5, 0.6) is 0 Å². The summed E-state index contributed by atoms with van der Waals surface area (Å²) in [6.07, 6.45) is 3.09. The summed E-state index contributed by atoms with van der Waals surface area (Å²) in [5.74, 6) is -0.268. The topological polar surface area (TPSA) is 41.1 Å². The fourth-order valence-electron chi connectivity index (χ4n) is 2.25. The molecule has 1 aromatic rings. The molecule has 1 aliphatic rings. The van der Waals surface area contributed by atoms with Crippen molar-refractivity contribution in [2.24, 2.45) is 0 Å². The summed E-state index contributed by atoms with van der Waals surface area (Å²) in [7, 11) is 0. The lowest BCUT2D eigenvalue weighted by Gasteiger charge is -2.24. The van der Waals surface area contributed by atoms with E-state index in [9.17, 15) is 9.18 Å². The van der Waals surface area contributed by atoms with E-state index in [1.807, 2.05) is 13.0 Å². The highest BCUT2D eigenvalue weighted by atomic mass is 19.1. The highest BCUT2D eigenvalue weighted by Gasteiger charge is 2.21. The second-order valence-electron chi connectivity index (χ2n) is 4.79. The fraction of sp³-hybridized carbons (Fsp3) is 0.500. The van der Waals surface area contributed by atoms with Crippen LogP contribution in [0, 0.1) is 5.82 Å². The monoisotopic (exact) mass is 250 g/mol. The minimum Gasteiger partial charge on any atom is -0.348 e. The molecule has 0 radical (unpaired) electrons. The summed E-state index contributed by atoms with van der Waals surface area (Å²) in [6.45, 7) is 2.77. The minimum atomic E-state index is -0.274. The largest absolute Gasteiger partial charge is 0.348 e. The van der Waals surface area contributed by atoms with Gasteiger partial charge >= 0.3 is 0 Å². The van der Waals surface area contributed by atoms with Crippen LogP contribution in [0.4, 0.5) is 4.39 Å². The van der Waals surface area contributed by atoms with Crippen LogP contribution in [0.2, 0.25) is 0 Å². The molecule has 1 saturated heterocycles. The quantitative estimate of drug-likeness (QED) is 0.863. The summed E-state index contributed by atoms with van der Waals surface area (Å²) >= 11 is 0. The van der Waals surface area contributed by atoms with Crippen molar-refractivity contribution in [3.63, 3.8) is 0 Å². The lowest BCUT2D eigenvalue weighted by molar-refractivity contribution is -0.124. The van der Waals surface area contributed by atoms with Gasteiger partial charge in [-0.25, -0.2) is 4.39 Å². The Morgan fingerprint density at radius 2 is 2.33 bits per heavy atom. The van der Waals surface area contributed by atoms with Crippen LogP contribution in [0.25, 0.3) is 0 Å². The van der Waals surface area contributed by atoms with Crippen molar-refractivity contribution >= 4 is 5.91 Å². The van der Waals surface area contributed by atoms with Gasteiger partial charge in [0.25, 0.3) is 0 Å². The molecule has 1 amide bonds. The molecule has 3 nitrogen and oxygen atoms in total. The number of hydrogen-bond donors (Lipinski definition) is 2. The third-order valence-electron chi connectivity index (χ3n) is 3.33. The first kappa shape index (κ1) is 13.0. The maximum atomic E-state index is 13.1. The van der Waals surface area contributed by atoms with Crippen LogP contribution in [0.3, 0.4) is 0 Å². The fourth-order valence-corrected chi connectivity index (χ4v) is 2.25. The first-order chi connectivity index (χ1) is 8.66. The van der Waals surface area contributed by atoms with Gasteiger partial charge < -0.3 is 10.6 Å². The van der Waals surface area contributed by atoms with E-state index in [2.05, 4.69) is 10.6 Å². The number of carbonyl (C=O) groups excluding carboxylic acids is 1. The van der Waals surface area contributed by atoms with Crippen molar-refractivity contribution in [2.45, 2.75) is 38.3 Å². The number of piperidine rings is 1. The van der Waals surface area contributed by atoms with Gasteiger partial charge in [0.1, 0.15) is 5.82 Å². The first-order valence-corrected chi connectivity index (χ1v) is 6.46. The molecule has 1 aromatic carbocycles. The summed E-state index contributed by atoms with van der Waals surface area (Å²) in [5.41, 5.74) is 0.791. The van der Waals surface area contributed by atoms with Crippen molar-refractivity contribution in [3.8, 4) is 0 Å². The lowest BCUT2D eigenvalue weighted by Crippen LogP contribution is -2.47. The normalized spacial score (nSPS) is 21.3. The molecule has 1 aliphatic heterocycles. The Morgan fingerprint density at radius 1 is 1.50 bits per heavy atom. The molecule has 2 N–H and O–H groups in total. The summed E-state index contributed by atoms with van der Waals surface area (Å²) in [4.78, 5) is 12.0. The summed E-state index contributed by atoms with van der Waals surface area (Å²) in [5, 5.41) is 6.13. The molecule has 0 aliphatic carbocycles. The Morgan fingerprint density at radius 3 is 3.00 bits per heavy atom. The van der Waals surface area contributed by atoms with Gasteiger partial charge in [-0.05, 0) is 44.0 Å². The SMILES string of the molecule is C[C@H](NC(=O)C1CCCCN1)c1cccc(F)c1. The molecule has 18 heavy (non-hydrogen) atoms. The molecular weight excluding hydrogens is 231 g/mol. The molecule has 2 atom stereocenters. The Balaban J connectivity index is 1.94. The van der Waals surface area contributed by atoms with Gasteiger partial charge in [-0.3, -0.25) is 4.79 Å². The zero-order valence-corrected chi connectivity index (χ0v) is 10.6. The maximum Gasteiger partial charge on any atom is 0.237 e. The predicted octanol–water partition coefficient (Wildman–Crippen LogP) is 2.14. The highest BCUT2D eigenvalue weighted by Crippen LogP contribution is 2.14. The molecule has 2 rings (SSSR count). The molecule has 1 unspecified atom stereocenters. The van der Waals surface area contributed by atoms with Crippen molar-refractivity contribution < 1.29 is 9.18 Å². The van der Waals surface area contributed by atoms with E-state index in [1.54, 1.807) is 6.07 Å². The van der Waals surface area contributed by atoms with Gasteiger partial charge in [0.2, 0.25) is 5.91 Å². The van der Waals surface area contributed by atoms with E-state index in [4.69, 9.17) is 0 Å². The van der Waals surface area contributed by atoms with Gasteiger partial charge in [0.05, 0.1) is 12.1 Å². The van der Waals surface area contributed by atoms with E-state index in [-0.39, 0.29) is 23.8 Å². The summed E-state index contributed by atoms with van der Waals surface area (Å²) < 4.78 is 13.1. The molecule has 4 heteroatoms. The number of halogens is 1. The van der Waals surface area contributed by atoms with Crippen LogP contribution in [0.15, 0.2) is 24.3 Å². The van der Waals surface area contributed by atoms with Gasteiger partial charge in [-0.2, -0.15) is 0 Å². The standard InChI is InChI=1S/C14H19FN2O/c1-10(11-5-4-6-12(15)9-11)17-14(18)13-7-2-3-8-16-13/h4-6,9-10,13,16H,2-3,7-8H2,1H3,(H,17,18)/t10-,13?/m0/s1. The lowest BCUT2D eigenvalue weighted by atomic mass is 10.0. The van der Waals surface area contributed by atoms with E-state index >= 15 is 0 Å². The zero-order chi connectivity index (χ0) is 13.0. The average Bonchev–Trinajstić information content (AvgIpc) is 2.39. The van der Waals surface area contributed by atoms with E-state index < -0.39 is 0 Å². The Bertz CT molecular complexity index is 416. The van der Waals surface area contributed by atoms with Crippen LogP contribution >= 0.6 is 0 Å². The van der Waals surface area contributed by atoms with Crippen molar-refractivity contribution in [1.82, 2.24) is 10.6 Å². The third-order valence-corrected chi connectivity index (χ3v) is 3.33. The van der Waals surface area contributed by atoms with Gasteiger partial charge in [0.15, 0.2) is 0 Å². The van der Waals surface area contributed by atoms with Crippen LogP contribution < -0.4 is 10.6 Å². The molecule has 1 fully saturated rings. The summed E-state index contributed by atoms with van der Waals surface area (Å²) in [6, 6.07) is 6.07. The number of amides is 1. The van der Waals surface area contributed by atoms with Crippen molar-refractivity contribution in [2.75, 3.05) is 6.54 Å². The highest BCUT2D eigenvalue weighted by molar-refractivity contribution is 5.82. The van der Waals surface area contributed by atoms with Gasteiger partial charge in [-0.1, -0.05) is 18.6 Å². The van der Waals surface area contributed by atoms with Crippen LogP contribution in [-0.4, -0.2) is 18.5 Å². The maximum absolute atomic E-state index is 13.1. The zero-order valence-electron chi connectivity index (χ0n) is 10.6. The van der Waals surface area contributed by atoms with Gasteiger partial charge in [0, 0.05) is 0 Å². The minimum absolute atomic E-state index is 0.00598. The number of hydrogen-bond acceptors (Lipinski definition) is 2. The predicted molar refractivity (Wildman–Crippen MR) is 68.6 cm³/mol. The second-order valence-corrected chi connectivity index (χ2v) is 4.79. The molecular formula is C14H19FN2O. The molecule has 0 aromatic heterocycles. The smallest absolute Gasteiger partial charge is 0.237 e. The number of benzene rings is 1. The second kappa shape index (κ2) is 5.96. The number of rotatable bonds is 3. The van der Waals surface area contributed by atoms with Crippen molar-refractivity contribution in [1.29, 1.82) is 0 Å². The van der Waals surface area contributed by atoms with Crippen molar-refractivity contribution in [3.05, 3.63) is 35.6 Å². The average molecular weight is 250 g/mol. The van der Waals surface area contributed by atoms with E-state index in [0.717, 1.165) is 31.4 Å². The van der Waals surface area contributed by atoms with Gasteiger partial charge in [-0.15, -0.1) is 0 Å². The molecule has 0 bridgehead atoms. The van der Waals surface area contributed by atoms with E-state index in [0.29, 0.717) is 0 Å². The Labute approximate surface area is 107 Å². The Hall–Kier alpha value is -1.42. The Kier molecular flexibility index (Phi) is 4.31. The molecule has 0 spiro atoms. The van der Waals surface area contributed by atoms with E-state index in [1.165, 1.54) is 12.1 Å². The first-order valence-electron chi connectivity index (χ1n) is 6.46. The number of carbonyl (C=O) groups is 1. The third kappa shape index (κ3) is 3.29. The molecule has 98 valence electrons. The van der Waals surface area contributed by atoms with Crippen LogP contribution in [0.1, 0.15) is 37.8 Å². The van der Waals surface area contributed by atoms with Crippen LogP contribution in [-0.2, 0) is 4.79 Å². The number of nitrogens with one attached hydrogen (secondary N) is 2.